The van der Waals surface area contributed by atoms with Crippen LogP contribution < -0.4 is 10.5 Å². The van der Waals surface area contributed by atoms with Crippen LogP contribution in [0.1, 0.15) is 49.2 Å². The maximum atomic E-state index is 11.0. The van der Waals surface area contributed by atoms with Gasteiger partial charge in [0.1, 0.15) is 18.5 Å². The molecule has 0 aliphatic carbocycles. The van der Waals surface area contributed by atoms with Crippen molar-refractivity contribution in [3.63, 3.8) is 0 Å². The van der Waals surface area contributed by atoms with Gasteiger partial charge in [0.15, 0.2) is 0 Å². The van der Waals surface area contributed by atoms with E-state index < -0.39 is 18.1 Å². The van der Waals surface area contributed by atoms with E-state index in [-0.39, 0.29) is 13.0 Å². The minimum Gasteiger partial charge on any atom is -0.490 e. The molecule has 0 fully saturated rings. The highest BCUT2D eigenvalue weighted by molar-refractivity contribution is 5.78. The summed E-state index contributed by atoms with van der Waals surface area (Å²) in [5.74, 6) is 0.587. The third kappa shape index (κ3) is 6.18. The van der Waals surface area contributed by atoms with Crippen LogP contribution in [0.4, 0.5) is 0 Å². The molecule has 1 amide bonds. The lowest BCUT2D eigenvalue weighted by molar-refractivity contribution is -0.127. The quantitative estimate of drug-likeness (QED) is 0.389. The number of carbonyl (C=O) groups excluding carboxylic acids is 1. The van der Waals surface area contributed by atoms with Crippen molar-refractivity contribution >= 4 is 5.91 Å². The van der Waals surface area contributed by atoms with Crippen LogP contribution in [0.2, 0.25) is 0 Å². The van der Waals surface area contributed by atoms with E-state index in [9.17, 15) is 15.0 Å². The molecule has 0 bridgehead atoms. The summed E-state index contributed by atoms with van der Waals surface area (Å²) in [4.78, 5) is 15.5. The van der Waals surface area contributed by atoms with Crippen molar-refractivity contribution in [2.45, 2.75) is 65.6 Å². The molecule has 4 N–H and O–H groups in total. The largest absolute Gasteiger partial charge is 0.490 e. The molecule has 2 heterocycles. The summed E-state index contributed by atoms with van der Waals surface area (Å²) in [6.07, 6.45) is -0.0803. The van der Waals surface area contributed by atoms with E-state index >= 15 is 0 Å². The normalized spacial score (nSPS) is 13.0. The molecular formula is C25H32N4O5. The third-order valence-corrected chi connectivity index (χ3v) is 5.41. The summed E-state index contributed by atoms with van der Waals surface area (Å²) in [5, 5.41) is 28.1. The minimum absolute atomic E-state index is 0.0796. The smallest absolute Gasteiger partial charge is 0.248 e. The average molecular weight is 469 g/mol. The summed E-state index contributed by atoms with van der Waals surface area (Å²) >= 11 is 0. The lowest BCUT2D eigenvalue weighted by Gasteiger charge is -2.18. The fraction of sp³-hybridized carbons (Fsp3) is 0.440. The number of pyridine rings is 1. The van der Waals surface area contributed by atoms with Crippen molar-refractivity contribution < 1.29 is 24.2 Å². The Morgan fingerprint density at radius 1 is 1.09 bits per heavy atom. The molecule has 34 heavy (non-hydrogen) atoms. The first-order chi connectivity index (χ1) is 16.2. The van der Waals surface area contributed by atoms with Crippen LogP contribution in [-0.2, 0) is 17.6 Å². The summed E-state index contributed by atoms with van der Waals surface area (Å²) in [6, 6.07) is 7.71. The van der Waals surface area contributed by atoms with Crippen LogP contribution in [0, 0.1) is 13.8 Å². The zero-order valence-electron chi connectivity index (χ0n) is 20.0. The number of aromatic nitrogens is 3. The highest BCUT2D eigenvalue weighted by atomic mass is 16.5. The van der Waals surface area contributed by atoms with Gasteiger partial charge in [0.2, 0.25) is 17.7 Å². The highest BCUT2D eigenvalue weighted by Gasteiger charge is 2.19. The number of aryl methyl sites for hydroxylation is 4. The summed E-state index contributed by atoms with van der Waals surface area (Å²) in [5.41, 5.74) is 10.3. The summed E-state index contributed by atoms with van der Waals surface area (Å²) in [7, 11) is 0. The maximum Gasteiger partial charge on any atom is 0.248 e. The number of aliphatic hydroxyl groups excluding tert-OH is 2. The van der Waals surface area contributed by atoms with Crippen LogP contribution in [0.25, 0.3) is 22.9 Å². The molecule has 2 atom stereocenters. The molecule has 0 radical (unpaired) electrons. The molecule has 3 aromatic rings. The molecule has 3 rings (SSSR count). The zero-order chi connectivity index (χ0) is 24.8. The van der Waals surface area contributed by atoms with Gasteiger partial charge in [0.05, 0.1) is 6.10 Å². The molecule has 1 aromatic carbocycles. The van der Waals surface area contributed by atoms with Crippen LogP contribution in [-0.4, -0.2) is 50.1 Å². The molecule has 0 saturated carbocycles. The van der Waals surface area contributed by atoms with Crippen LogP contribution >= 0.6 is 0 Å². The first kappa shape index (κ1) is 25.3. The predicted molar refractivity (Wildman–Crippen MR) is 127 cm³/mol. The van der Waals surface area contributed by atoms with Gasteiger partial charge >= 0.3 is 0 Å². The van der Waals surface area contributed by atoms with Crippen molar-refractivity contribution in [2.75, 3.05) is 6.61 Å². The second kappa shape index (κ2) is 11.2. The van der Waals surface area contributed by atoms with Gasteiger partial charge < -0.3 is 25.1 Å². The van der Waals surface area contributed by atoms with Gasteiger partial charge in [0.25, 0.3) is 0 Å². The Hall–Kier alpha value is -3.30. The number of primary amides is 1. The molecule has 182 valence electrons. The Balaban J connectivity index is 1.81. The molecule has 0 saturated heterocycles. The van der Waals surface area contributed by atoms with E-state index in [0.717, 1.165) is 46.5 Å². The number of rotatable bonds is 11. The maximum absolute atomic E-state index is 11.0. The number of carbonyl (C=O) groups is 1. The van der Waals surface area contributed by atoms with E-state index in [1.54, 1.807) is 0 Å². The second-order valence-corrected chi connectivity index (χ2v) is 8.40. The molecule has 9 nitrogen and oxygen atoms in total. The minimum atomic E-state index is -1.42. The number of nitrogens with zero attached hydrogens (tertiary/aromatic N) is 3. The van der Waals surface area contributed by atoms with Gasteiger partial charge in [-0.1, -0.05) is 20.3 Å². The number of hydrogen-bond acceptors (Lipinski definition) is 8. The van der Waals surface area contributed by atoms with Crippen LogP contribution in [0.15, 0.2) is 28.7 Å². The predicted octanol–water partition coefficient (Wildman–Crippen LogP) is 2.91. The monoisotopic (exact) mass is 468 g/mol. The van der Waals surface area contributed by atoms with Crippen molar-refractivity contribution in [2.24, 2.45) is 5.73 Å². The van der Waals surface area contributed by atoms with Crippen molar-refractivity contribution in [1.29, 1.82) is 0 Å². The standard InChI is InChI=1S/C25H32N4O5/c1-5-7-19-11-18(9-15(4)27-19)25-29-28-24(34-25)17-8-14(3)22(16(6-2)10-17)33-13-20(30)12-21(31)23(26)32/h8-11,20-21,30-31H,5-7,12-13H2,1-4H3,(H2,26,32)/t20-,21?/m1/s1. The molecule has 9 heteroatoms. The van der Waals surface area contributed by atoms with Gasteiger partial charge in [-0.3, -0.25) is 9.78 Å². The van der Waals surface area contributed by atoms with E-state index in [2.05, 4.69) is 22.1 Å². The van der Waals surface area contributed by atoms with Gasteiger partial charge in [-0.2, -0.15) is 0 Å². The molecule has 2 aromatic heterocycles. The Labute approximate surface area is 199 Å². The van der Waals surface area contributed by atoms with E-state index in [1.165, 1.54) is 0 Å². The number of benzene rings is 1. The van der Waals surface area contributed by atoms with Crippen molar-refractivity contribution in [3.05, 3.63) is 46.8 Å². The van der Waals surface area contributed by atoms with Crippen molar-refractivity contribution in [1.82, 2.24) is 15.2 Å². The van der Waals surface area contributed by atoms with Gasteiger partial charge in [-0.15, -0.1) is 10.2 Å². The summed E-state index contributed by atoms with van der Waals surface area (Å²) in [6.45, 7) is 7.86. The number of amides is 1. The highest BCUT2D eigenvalue weighted by Crippen LogP contribution is 2.32. The Kier molecular flexibility index (Phi) is 8.36. The first-order valence-corrected chi connectivity index (χ1v) is 11.4. The SMILES string of the molecule is CCCc1cc(-c2nnc(-c3cc(C)c(OC[C@H](O)CC(O)C(N)=O)c(CC)c3)o2)cc(C)n1. The molecule has 0 spiro atoms. The zero-order valence-corrected chi connectivity index (χ0v) is 20.0. The Bertz CT molecular complexity index is 1140. The van der Waals surface area contributed by atoms with E-state index in [4.69, 9.17) is 14.9 Å². The molecule has 0 aliphatic rings. The molecular weight excluding hydrogens is 436 g/mol. The number of nitrogens with two attached hydrogens (primary N) is 1. The second-order valence-electron chi connectivity index (χ2n) is 8.40. The Morgan fingerprint density at radius 3 is 2.38 bits per heavy atom. The number of aliphatic hydroxyl groups is 2. The van der Waals surface area contributed by atoms with Gasteiger partial charge in [0, 0.05) is 28.9 Å². The van der Waals surface area contributed by atoms with E-state index in [1.807, 2.05) is 45.0 Å². The topological polar surface area (TPSA) is 145 Å². The molecule has 1 unspecified atom stereocenters. The first-order valence-electron chi connectivity index (χ1n) is 11.4. The lowest BCUT2D eigenvalue weighted by atomic mass is 10.0. The van der Waals surface area contributed by atoms with Crippen LogP contribution in [0.5, 0.6) is 5.75 Å². The third-order valence-electron chi connectivity index (χ3n) is 5.41. The average Bonchev–Trinajstić information content (AvgIpc) is 3.28. The fourth-order valence-corrected chi connectivity index (χ4v) is 3.76. The molecule has 0 aliphatic heterocycles. The van der Waals surface area contributed by atoms with Gasteiger partial charge in [-0.25, -0.2) is 0 Å². The van der Waals surface area contributed by atoms with E-state index in [0.29, 0.717) is 24.0 Å². The fourth-order valence-electron chi connectivity index (χ4n) is 3.76. The van der Waals surface area contributed by atoms with Gasteiger partial charge in [-0.05, 0) is 62.1 Å². The number of ether oxygens (including phenoxy) is 1. The van der Waals surface area contributed by atoms with Crippen LogP contribution in [0.3, 0.4) is 0 Å². The Morgan fingerprint density at radius 2 is 1.76 bits per heavy atom. The summed E-state index contributed by atoms with van der Waals surface area (Å²) < 4.78 is 11.8. The van der Waals surface area contributed by atoms with Crippen molar-refractivity contribution in [3.8, 4) is 28.7 Å². The lowest BCUT2D eigenvalue weighted by Crippen LogP contribution is -2.33. The number of hydrogen-bond donors (Lipinski definition) is 3.